The standard InChI is InChI=1S/C24H23BrN2O5/c25-22-12-11-21(32-22)24(29)26-17-7-5-6-16(14-17)23(28)27-19-9-1-2-10-20(19)31-15-18-8-3-4-13-30-18/h1-2,5-7,9-12,14,18H,3-4,8,13,15H2,(H,26,29)(H,27,28). The fraction of sp³-hybridized carbons (Fsp3) is 0.250. The number of carbonyl (C=O) groups is 2. The van der Waals surface area contributed by atoms with E-state index >= 15 is 0 Å². The third kappa shape index (κ3) is 5.77. The average molecular weight is 499 g/mol. The number of amides is 2. The van der Waals surface area contributed by atoms with Crippen LogP contribution in [-0.2, 0) is 4.74 Å². The van der Waals surface area contributed by atoms with E-state index in [0.717, 1.165) is 25.9 Å². The number of nitrogens with one attached hydrogen (secondary N) is 2. The van der Waals surface area contributed by atoms with Crippen LogP contribution in [0.4, 0.5) is 11.4 Å². The monoisotopic (exact) mass is 498 g/mol. The molecule has 2 amide bonds. The van der Waals surface area contributed by atoms with Crippen molar-refractivity contribution in [3.8, 4) is 5.75 Å². The van der Waals surface area contributed by atoms with Gasteiger partial charge in [-0.1, -0.05) is 18.2 Å². The van der Waals surface area contributed by atoms with E-state index in [2.05, 4.69) is 26.6 Å². The molecule has 1 saturated heterocycles. The molecule has 2 aromatic carbocycles. The highest BCUT2D eigenvalue weighted by molar-refractivity contribution is 9.10. The molecule has 32 heavy (non-hydrogen) atoms. The van der Waals surface area contributed by atoms with Crippen LogP contribution in [0.1, 0.15) is 40.2 Å². The molecule has 0 bridgehead atoms. The van der Waals surface area contributed by atoms with E-state index in [4.69, 9.17) is 13.9 Å². The molecule has 1 aliphatic heterocycles. The highest BCUT2D eigenvalue weighted by Crippen LogP contribution is 2.26. The topological polar surface area (TPSA) is 89.8 Å². The summed E-state index contributed by atoms with van der Waals surface area (Å²) < 4.78 is 17.4. The molecule has 1 atom stereocenters. The van der Waals surface area contributed by atoms with Crippen LogP contribution < -0.4 is 15.4 Å². The second-order valence-electron chi connectivity index (χ2n) is 7.39. The Bertz CT molecular complexity index is 1090. The quantitative estimate of drug-likeness (QED) is 0.449. The molecule has 3 aromatic rings. The van der Waals surface area contributed by atoms with E-state index < -0.39 is 5.91 Å². The van der Waals surface area contributed by atoms with Crippen molar-refractivity contribution in [1.29, 1.82) is 0 Å². The lowest BCUT2D eigenvalue weighted by molar-refractivity contribution is -0.0109. The maximum absolute atomic E-state index is 12.9. The van der Waals surface area contributed by atoms with Crippen LogP contribution in [0.15, 0.2) is 69.8 Å². The summed E-state index contributed by atoms with van der Waals surface area (Å²) in [6, 6.07) is 17.2. The van der Waals surface area contributed by atoms with Crippen molar-refractivity contribution in [3.63, 3.8) is 0 Å². The van der Waals surface area contributed by atoms with E-state index in [9.17, 15) is 9.59 Å². The van der Waals surface area contributed by atoms with Crippen LogP contribution in [-0.4, -0.2) is 31.1 Å². The number of carbonyl (C=O) groups excluding carboxylic acids is 2. The van der Waals surface area contributed by atoms with Crippen molar-refractivity contribution < 1.29 is 23.5 Å². The maximum atomic E-state index is 12.9. The van der Waals surface area contributed by atoms with E-state index in [1.165, 1.54) is 0 Å². The Morgan fingerprint density at radius 3 is 2.66 bits per heavy atom. The first kappa shape index (κ1) is 22.1. The van der Waals surface area contributed by atoms with Gasteiger partial charge in [0.25, 0.3) is 11.8 Å². The third-order valence-corrected chi connectivity index (χ3v) is 5.44. The van der Waals surface area contributed by atoms with Gasteiger partial charge >= 0.3 is 0 Å². The van der Waals surface area contributed by atoms with Gasteiger partial charge in [0.15, 0.2) is 10.4 Å². The summed E-state index contributed by atoms with van der Waals surface area (Å²) in [7, 11) is 0. The maximum Gasteiger partial charge on any atom is 0.291 e. The molecule has 1 unspecified atom stereocenters. The molecule has 4 rings (SSSR count). The Balaban J connectivity index is 1.40. The van der Waals surface area contributed by atoms with Crippen molar-refractivity contribution >= 4 is 39.1 Å². The van der Waals surface area contributed by atoms with Gasteiger partial charge in [-0.3, -0.25) is 9.59 Å². The zero-order chi connectivity index (χ0) is 22.3. The number of hydrogen-bond donors (Lipinski definition) is 2. The molecular weight excluding hydrogens is 476 g/mol. The summed E-state index contributed by atoms with van der Waals surface area (Å²) in [6.45, 7) is 1.20. The summed E-state index contributed by atoms with van der Waals surface area (Å²) in [6.07, 6.45) is 3.27. The van der Waals surface area contributed by atoms with Crippen LogP contribution in [0.5, 0.6) is 5.75 Å². The van der Waals surface area contributed by atoms with Crippen LogP contribution in [0.3, 0.4) is 0 Å². The fourth-order valence-corrected chi connectivity index (χ4v) is 3.69. The lowest BCUT2D eigenvalue weighted by Gasteiger charge is -2.23. The SMILES string of the molecule is O=C(Nc1ccccc1OCC1CCCCO1)c1cccc(NC(=O)c2ccc(Br)o2)c1. The Labute approximate surface area is 194 Å². The number of hydrogen-bond acceptors (Lipinski definition) is 5. The van der Waals surface area contributed by atoms with Gasteiger partial charge in [0, 0.05) is 17.9 Å². The highest BCUT2D eigenvalue weighted by Gasteiger charge is 2.17. The zero-order valence-corrected chi connectivity index (χ0v) is 18.9. The Hall–Kier alpha value is -3.10. The fourth-order valence-electron chi connectivity index (χ4n) is 3.38. The van der Waals surface area contributed by atoms with Gasteiger partial charge < -0.3 is 24.5 Å². The number of halogens is 1. The molecule has 1 fully saturated rings. The van der Waals surface area contributed by atoms with E-state index in [0.29, 0.717) is 34.0 Å². The van der Waals surface area contributed by atoms with Crippen LogP contribution in [0.25, 0.3) is 0 Å². The first-order valence-corrected chi connectivity index (χ1v) is 11.2. The van der Waals surface area contributed by atoms with Crippen LogP contribution in [0, 0.1) is 0 Å². The van der Waals surface area contributed by atoms with Gasteiger partial charge in [0.2, 0.25) is 0 Å². The molecule has 1 aromatic heterocycles. The number of para-hydroxylation sites is 2. The summed E-state index contributed by atoms with van der Waals surface area (Å²) in [5.74, 6) is 0.0337. The lowest BCUT2D eigenvalue weighted by atomic mass is 10.1. The van der Waals surface area contributed by atoms with Gasteiger partial charge in [-0.15, -0.1) is 0 Å². The van der Waals surface area contributed by atoms with Crippen molar-refractivity contribution in [2.45, 2.75) is 25.4 Å². The van der Waals surface area contributed by atoms with Crippen molar-refractivity contribution in [2.75, 3.05) is 23.8 Å². The highest BCUT2D eigenvalue weighted by atomic mass is 79.9. The smallest absolute Gasteiger partial charge is 0.291 e. The number of ether oxygens (including phenoxy) is 2. The predicted molar refractivity (Wildman–Crippen MR) is 124 cm³/mol. The summed E-state index contributed by atoms with van der Waals surface area (Å²) in [5, 5.41) is 5.61. The summed E-state index contributed by atoms with van der Waals surface area (Å²) >= 11 is 3.17. The minimum Gasteiger partial charge on any atom is -0.489 e. The molecule has 8 heteroatoms. The van der Waals surface area contributed by atoms with Crippen molar-refractivity contribution in [2.24, 2.45) is 0 Å². The zero-order valence-electron chi connectivity index (χ0n) is 17.3. The van der Waals surface area contributed by atoms with Crippen molar-refractivity contribution in [3.05, 3.63) is 76.7 Å². The average Bonchev–Trinajstić information content (AvgIpc) is 3.26. The molecular formula is C24H23BrN2O5. The number of benzene rings is 2. The number of furan rings is 1. The second kappa shape index (κ2) is 10.5. The Morgan fingerprint density at radius 2 is 1.88 bits per heavy atom. The van der Waals surface area contributed by atoms with E-state index in [1.807, 2.05) is 18.2 Å². The van der Waals surface area contributed by atoms with Gasteiger partial charge in [0.05, 0.1) is 11.8 Å². The number of rotatable bonds is 7. The first-order valence-electron chi connectivity index (χ1n) is 10.4. The summed E-state index contributed by atoms with van der Waals surface area (Å²) in [4.78, 5) is 25.1. The van der Waals surface area contributed by atoms with E-state index in [-0.39, 0.29) is 17.8 Å². The lowest BCUT2D eigenvalue weighted by Crippen LogP contribution is -2.26. The first-order chi connectivity index (χ1) is 15.6. The second-order valence-corrected chi connectivity index (χ2v) is 8.17. The Morgan fingerprint density at radius 1 is 1.00 bits per heavy atom. The number of anilines is 2. The molecule has 166 valence electrons. The minimum absolute atomic E-state index is 0.0718. The van der Waals surface area contributed by atoms with Gasteiger partial charge in [0.1, 0.15) is 12.4 Å². The molecule has 2 heterocycles. The minimum atomic E-state index is -0.406. The van der Waals surface area contributed by atoms with Crippen LogP contribution >= 0.6 is 15.9 Å². The Kier molecular flexibility index (Phi) is 7.24. The van der Waals surface area contributed by atoms with Crippen molar-refractivity contribution in [1.82, 2.24) is 0 Å². The largest absolute Gasteiger partial charge is 0.489 e. The molecule has 1 aliphatic rings. The molecule has 0 radical (unpaired) electrons. The normalized spacial score (nSPS) is 15.7. The molecule has 7 nitrogen and oxygen atoms in total. The van der Waals surface area contributed by atoms with Gasteiger partial charge in [-0.2, -0.15) is 0 Å². The molecule has 0 aliphatic carbocycles. The predicted octanol–water partition coefficient (Wildman–Crippen LogP) is 5.49. The van der Waals surface area contributed by atoms with Gasteiger partial charge in [-0.05, 0) is 77.7 Å². The molecule has 0 spiro atoms. The van der Waals surface area contributed by atoms with Crippen LogP contribution in [0.2, 0.25) is 0 Å². The van der Waals surface area contributed by atoms with E-state index in [1.54, 1.807) is 42.5 Å². The molecule has 0 saturated carbocycles. The molecule has 2 N–H and O–H groups in total. The summed E-state index contributed by atoms with van der Waals surface area (Å²) in [5.41, 5.74) is 1.45. The van der Waals surface area contributed by atoms with Gasteiger partial charge in [-0.25, -0.2) is 0 Å². The third-order valence-electron chi connectivity index (χ3n) is 5.01.